The third kappa shape index (κ3) is 3.99. The number of halogens is 2. The number of hydrogen-bond acceptors (Lipinski definition) is 5. The first-order chi connectivity index (χ1) is 15.3. The van der Waals surface area contributed by atoms with Crippen molar-refractivity contribution >= 4 is 46.6 Å². The summed E-state index contributed by atoms with van der Waals surface area (Å²) in [6.07, 6.45) is 4.56. The van der Waals surface area contributed by atoms with Gasteiger partial charge in [-0.15, -0.1) is 0 Å². The lowest BCUT2D eigenvalue weighted by molar-refractivity contribution is -0.384. The van der Waals surface area contributed by atoms with Gasteiger partial charge in [-0.25, -0.2) is 5.01 Å². The molecule has 10 heteroatoms. The molecule has 2 aromatic carbocycles. The molecule has 1 saturated heterocycles. The van der Waals surface area contributed by atoms with Crippen LogP contribution in [0.4, 0.5) is 5.69 Å². The second-order valence-electron chi connectivity index (χ2n) is 7.55. The van der Waals surface area contributed by atoms with E-state index >= 15 is 0 Å². The Morgan fingerprint density at radius 3 is 2.16 bits per heavy atom. The number of hydrazine groups is 1. The maximum Gasteiger partial charge on any atom is 0.273 e. The van der Waals surface area contributed by atoms with Gasteiger partial charge in [0.15, 0.2) is 0 Å². The molecule has 0 aromatic heterocycles. The van der Waals surface area contributed by atoms with Gasteiger partial charge in [-0.1, -0.05) is 41.4 Å². The van der Waals surface area contributed by atoms with Gasteiger partial charge in [0.05, 0.1) is 23.3 Å². The van der Waals surface area contributed by atoms with Crippen molar-refractivity contribution in [1.82, 2.24) is 10.0 Å². The Morgan fingerprint density at radius 2 is 1.62 bits per heavy atom. The molecular weight excluding hydrogens is 457 g/mol. The monoisotopic (exact) mass is 473 g/mol. The lowest BCUT2D eigenvalue weighted by Gasteiger charge is -2.31. The lowest BCUT2D eigenvalue weighted by atomic mass is 9.85. The Hall–Kier alpha value is -3.23. The first-order valence-electron chi connectivity index (χ1n) is 9.81. The fourth-order valence-corrected chi connectivity index (χ4v) is 4.41. The number of imide groups is 1. The van der Waals surface area contributed by atoms with E-state index < -0.39 is 34.5 Å². The van der Waals surface area contributed by atoms with Crippen molar-refractivity contribution in [3.05, 3.63) is 85.9 Å². The van der Waals surface area contributed by atoms with Crippen molar-refractivity contribution in [2.75, 3.05) is 0 Å². The molecule has 1 aliphatic carbocycles. The van der Waals surface area contributed by atoms with E-state index in [2.05, 4.69) is 0 Å². The third-order valence-corrected chi connectivity index (χ3v) is 6.21. The van der Waals surface area contributed by atoms with Crippen LogP contribution in [0.25, 0.3) is 0 Å². The fourth-order valence-electron chi connectivity index (χ4n) is 3.94. The molecule has 1 heterocycles. The van der Waals surface area contributed by atoms with Gasteiger partial charge >= 0.3 is 0 Å². The number of benzene rings is 2. The van der Waals surface area contributed by atoms with Gasteiger partial charge in [0.1, 0.15) is 0 Å². The largest absolute Gasteiger partial charge is 0.273 e. The number of nitrogens with zero attached hydrogens (tertiary/aromatic N) is 3. The summed E-state index contributed by atoms with van der Waals surface area (Å²) in [5, 5.41) is 13.6. The summed E-state index contributed by atoms with van der Waals surface area (Å²) in [7, 11) is 0. The Labute approximate surface area is 193 Å². The molecule has 0 bridgehead atoms. The highest BCUT2D eigenvalue weighted by molar-refractivity contribution is 6.35. The van der Waals surface area contributed by atoms with Crippen LogP contribution in [0, 0.1) is 22.0 Å². The normalized spacial score (nSPS) is 19.8. The van der Waals surface area contributed by atoms with E-state index in [9.17, 15) is 24.5 Å². The van der Waals surface area contributed by atoms with Gasteiger partial charge in [0, 0.05) is 27.7 Å². The van der Waals surface area contributed by atoms with Gasteiger partial charge in [0.25, 0.3) is 23.4 Å². The molecule has 164 valence electrons. The van der Waals surface area contributed by atoms with E-state index in [1.807, 2.05) is 12.2 Å². The van der Waals surface area contributed by atoms with E-state index in [-0.39, 0.29) is 22.8 Å². The molecule has 1 aliphatic heterocycles. The Bertz CT molecular complexity index is 1120. The van der Waals surface area contributed by atoms with Crippen LogP contribution in [0.5, 0.6) is 0 Å². The number of hydrogen-bond donors (Lipinski definition) is 0. The smallest absolute Gasteiger partial charge is 0.272 e. The highest BCUT2D eigenvalue weighted by Gasteiger charge is 2.50. The maximum absolute atomic E-state index is 13.4. The number of nitro benzene ring substituents is 1. The van der Waals surface area contributed by atoms with Gasteiger partial charge in [0.2, 0.25) is 0 Å². The molecule has 0 N–H and O–H groups in total. The number of nitro groups is 1. The van der Waals surface area contributed by atoms with Gasteiger partial charge in [-0.3, -0.25) is 24.5 Å². The van der Waals surface area contributed by atoms with Gasteiger partial charge in [-0.2, -0.15) is 5.01 Å². The number of carbonyl (C=O) groups excluding carboxylic acids is 3. The van der Waals surface area contributed by atoms with Crippen molar-refractivity contribution in [1.29, 1.82) is 0 Å². The number of rotatable bonds is 5. The molecule has 8 nitrogen and oxygen atoms in total. The molecular formula is C22H17Cl2N3O5. The summed E-state index contributed by atoms with van der Waals surface area (Å²) in [5.74, 6) is -2.62. The average molecular weight is 474 g/mol. The lowest BCUT2D eigenvalue weighted by Crippen LogP contribution is -2.49. The van der Waals surface area contributed by atoms with Crippen molar-refractivity contribution in [2.24, 2.45) is 11.8 Å². The highest BCUT2D eigenvalue weighted by Crippen LogP contribution is 2.37. The summed E-state index contributed by atoms with van der Waals surface area (Å²) in [6.45, 7) is -0.157. The molecule has 2 aliphatic rings. The molecule has 0 unspecified atom stereocenters. The number of non-ortho nitro benzene ring substituents is 1. The number of carbonyl (C=O) groups is 3. The van der Waals surface area contributed by atoms with Crippen molar-refractivity contribution < 1.29 is 19.3 Å². The van der Waals surface area contributed by atoms with E-state index in [1.54, 1.807) is 12.1 Å². The molecule has 3 amide bonds. The Kier molecular flexibility index (Phi) is 5.99. The van der Waals surface area contributed by atoms with E-state index in [0.29, 0.717) is 23.4 Å². The van der Waals surface area contributed by atoms with Crippen molar-refractivity contribution in [3.63, 3.8) is 0 Å². The van der Waals surface area contributed by atoms with E-state index in [0.717, 1.165) is 10.0 Å². The van der Waals surface area contributed by atoms with Crippen LogP contribution in [-0.2, 0) is 16.1 Å². The summed E-state index contributed by atoms with van der Waals surface area (Å²) < 4.78 is 0. The Balaban J connectivity index is 1.72. The zero-order valence-electron chi connectivity index (χ0n) is 16.6. The molecule has 0 saturated carbocycles. The highest BCUT2D eigenvalue weighted by atomic mass is 35.5. The van der Waals surface area contributed by atoms with Crippen molar-refractivity contribution in [3.8, 4) is 0 Å². The molecule has 2 aromatic rings. The summed E-state index contributed by atoms with van der Waals surface area (Å²) in [4.78, 5) is 50.0. The van der Waals surface area contributed by atoms with Crippen LogP contribution in [0.3, 0.4) is 0 Å². The SMILES string of the molecule is O=C(c1ccc([N+](=O)[O-])cc1)N(Cc1ccc(Cl)cc1Cl)N1C(=O)[C@@H]2CC=CC[C@H]2C1=O. The maximum atomic E-state index is 13.4. The quantitative estimate of drug-likeness (QED) is 0.277. The molecule has 0 spiro atoms. The van der Waals surface area contributed by atoms with Crippen LogP contribution in [0.1, 0.15) is 28.8 Å². The minimum absolute atomic E-state index is 0.0919. The first kappa shape index (κ1) is 22.0. The fraction of sp³-hybridized carbons (Fsp3) is 0.227. The molecule has 1 fully saturated rings. The van der Waals surface area contributed by atoms with Crippen molar-refractivity contribution in [2.45, 2.75) is 19.4 Å². The standard InChI is InChI=1S/C22H17Cl2N3O5/c23-15-8-5-14(19(24)11-15)12-25(20(28)13-6-9-16(10-7-13)27(31)32)26-21(29)17-3-1-2-4-18(17)22(26)30/h1-2,5-11,17-18H,3-4,12H2/t17-,18-/m1/s1. The topological polar surface area (TPSA) is 101 Å². The van der Waals surface area contributed by atoms with Crippen LogP contribution in [-0.4, -0.2) is 32.7 Å². The molecule has 4 rings (SSSR count). The molecule has 2 atom stereocenters. The van der Waals surface area contributed by atoms with Crippen LogP contribution < -0.4 is 0 Å². The number of amides is 3. The van der Waals surface area contributed by atoms with E-state index in [4.69, 9.17) is 23.2 Å². The third-order valence-electron chi connectivity index (χ3n) is 5.62. The Morgan fingerprint density at radius 1 is 1.03 bits per heavy atom. The minimum Gasteiger partial charge on any atom is -0.272 e. The van der Waals surface area contributed by atoms with E-state index in [1.165, 1.54) is 30.3 Å². The average Bonchev–Trinajstić information content (AvgIpc) is 3.03. The second kappa shape index (κ2) is 8.72. The number of fused-ring (bicyclic) bond motifs is 1. The summed E-state index contributed by atoms with van der Waals surface area (Å²) in [6, 6.07) is 9.67. The van der Waals surface area contributed by atoms with Crippen LogP contribution in [0.15, 0.2) is 54.6 Å². The first-order valence-corrected chi connectivity index (χ1v) is 10.6. The molecule has 0 radical (unpaired) electrons. The second-order valence-corrected chi connectivity index (χ2v) is 8.39. The minimum atomic E-state index is -0.653. The zero-order chi connectivity index (χ0) is 23.0. The van der Waals surface area contributed by atoms with Crippen LogP contribution >= 0.6 is 23.2 Å². The predicted octanol–water partition coefficient (Wildman–Crippen LogP) is 4.41. The summed E-state index contributed by atoms with van der Waals surface area (Å²) >= 11 is 12.2. The zero-order valence-corrected chi connectivity index (χ0v) is 18.1. The predicted molar refractivity (Wildman–Crippen MR) is 117 cm³/mol. The molecule has 32 heavy (non-hydrogen) atoms. The van der Waals surface area contributed by atoms with Crippen LogP contribution in [0.2, 0.25) is 10.0 Å². The number of allylic oxidation sites excluding steroid dienone is 2. The summed E-state index contributed by atoms with van der Waals surface area (Å²) in [5.41, 5.74) is 0.397. The van der Waals surface area contributed by atoms with Gasteiger partial charge < -0.3 is 0 Å². The van der Waals surface area contributed by atoms with Gasteiger partial charge in [-0.05, 0) is 42.7 Å².